The second-order valence-corrected chi connectivity index (χ2v) is 3.97. The summed E-state index contributed by atoms with van der Waals surface area (Å²) in [5.74, 6) is 0.248. The largest absolute Gasteiger partial charge is 0.506 e. The Morgan fingerprint density at radius 3 is 2.69 bits per heavy atom. The molecule has 0 spiro atoms. The van der Waals surface area contributed by atoms with Crippen LogP contribution in [0.15, 0.2) is 42.5 Å². The lowest BCUT2D eigenvalue weighted by molar-refractivity contribution is 0.481. The molecule has 0 saturated heterocycles. The Balaban J connectivity index is 2.59. The molecule has 0 unspecified atom stereocenters. The highest BCUT2D eigenvalue weighted by atomic mass is 16.3. The third-order valence-corrected chi connectivity index (χ3v) is 2.82. The van der Waals surface area contributed by atoms with Gasteiger partial charge in [-0.05, 0) is 29.8 Å². The van der Waals surface area contributed by atoms with Crippen molar-refractivity contribution in [3.8, 4) is 5.75 Å². The van der Waals surface area contributed by atoms with Crippen molar-refractivity contribution in [3.05, 3.63) is 48.2 Å². The van der Waals surface area contributed by atoms with Gasteiger partial charge in [0.15, 0.2) is 0 Å². The summed E-state index contributed by atoms with van der Waals surface area (Å²) < 4.78 is 0. The van der Waals surface area contributed by atoms with Crippen LogP contribution in [-0.4, -0.2) is 10.1 Å². The van der Waals surface area contributed by atoms with Crippen LogP contribution >= 0.6 is 0 Å². The van der Waals surface area contributed by atoms with E-state index in [1.165, 1.54) is 0 Å². The lowest BCUT2D eigenvalue weighted by atomic mass is 10.0. The van der Waals surface area contributed by atoms with Crippen molar-refractivity contribution in [3.63, 3.8) is 0 Å². The molecule has 0 saturated carbocycles. The number of rotatable bonds is 0. The lowest BCUT2D eigenvalue weighted by Gasteiger charge is -2.06. The second-order valence-electron chi connectivity index (χ2n) is 3.97. The number of phenols is 1. The molecule has 0 aliphatic heterocycles. The molecule has 1 N–H and O–H groups in total. The molecule has 1 aromatic heterocycles. The number of fused-ring (bicyclic) bond motifs is 3. The average molecular weight is 209 g/mol. The van der Waals surface area contributed by atoms with Crippen LogP contribution in [0.5, 0.6) is 5.75 Å². The molecular formula is C14H11NO. The maximum absolute atomic E-state index is 9.93. The zero-order chi connectivity index (χ0) is 11.1. The Morgan fingerprint density at radius 1 is 1.00 bits per heavy atom. The van der Waals surface area contributed by atoms with E-state index in [-0.39, 0.29) is 5.75 Å². The Kier molecular flexibility index (Phi) is 1.83. The zero-order valence-electron chi connectivity index (χ0n) is 8.94. The molecule has 3 rings (SSSR count). The van der Waals surface area contributed by atoms with Gasteiger partial charge in [-0.3, -0.25) is 0 Å². The van der Waals surface area contributed by atoms with Crippen LogP contribution in [0, 0.1) is 6.92 Å². The minimum absolute atomic E-state index is 0.248. The van der Waals surface area contributed by atoms with E-state index in [0.717, 1.165) is 21.9 Å². The quantitative estimate of drug-likeness (QED) is 0.575. The number of benzene rings is 2. The topological polar surface area (TPSA) is 33.1 Å². The standard InChI is InChI=1S/C14H11NO/c1-9-6-7-12-11-5-3-2-4-10(11)8-13(16)14(12)15-9/h2-8,16H,1H3. The Morgan fingerprint density at radius 2 is 1.81 bits per heavy atom. The van der Waals surface area contributed by atoms with Crippen LogP contribution in [0.3, 0.4) is 0 Å². The number of nitrogens with zero attached hydrogens (tertiary/aromatic N) is 1. The smallest absolute Gasteiger partial charge is 0.142 e. The molecule has 0 bridgehead atoms. The highest BCUT2D eigenvalue weighted by Gasteiger charge is 2.06. The van der Waals surface area contributed by atoms with E-state index in [1.807, 2.05) is 43.3 Å². The van der Waals surface area contributed by atoms with Gasteiger partial charge in [0.05, 0.1) is 0 Å². The first-order valence-corrected chi connectivity index (χ1v) is 5.24. The van der Waals surface area contributed by atoms with Crippen molar-refractivity contribution < 1.29 is 5.11 Å². The number of hydrogen-bond donors (Lipinski definition) is 1. The van der Waals surface area contributed by atoms with E-state index < -0.39 is 0 Å². The van der Waals surface area contributed by atoms with Gasteiger partial charge in [0.25, 0.3) is 0 Å². The van der Waals surface area contributed by atoms with E-state index in [1.54, 1.807) is 6.07 Å². The van der Waals surface area contributed by atoms with E-state index in [2.05, 4.69) is 4.98 Å². The van der Waals surface area contributed by atoms with Crippen LogP contribution < -0.4 is 0 Å². The predicted molar refractivity (Wildman–Crippen MR) is 65.7 cm³/mol. The maximum atomic E-state index is 9.93. The highest BCUT2D eigenvalue weighted by Crippen LogP contribution is 2.31. The third kappa shape index (κ3) is 1.23. The molecule has 78 valence electrons. The van der Waals surface area contributed by atoms with Gasteiger partial charge in [0.1, 0.15) is 11.3 Å². The minimum Gasteiger partial charge on any atom is -0.506 e. The first-order valence-electron chi connectivity index (χ1n) is 5.24. The summed E-state index contributed by atoms with van der Waals surface area (Å²) in [5, 5.41) is 13.1. The van der Waals surface area contributed by atoms with Crippen LogP contribution in [0.4, 0.5) is 0 Å². The van der Waals surface area contributed by atoms with Crippen LogP contribution in [-0.2, 0) is 0 Å². The summed E-state index contributed by atoms with van der Waals surface area (Å²) in [7, 11) is 0. The van der Waals surface area contributed by atoms with Gasteiger partial charge in [-0.2, -0.15) is 0 Å². The molecule has 16 heavy (non-hydrogen) atoms. The van der Waals surface area contributed by atoms with Gasteiger partial charge in [-0.25, -0.2) is 4.98 Å². The number of aromatic hydroxyl groups is 1. The van der Waals surface area contributed by atoms with E-state index in [9.17, 15) is 5.11 Å². The van der Waals surface area contributed by atoms with Gasteiger partial charge in [-0.1, -0.05) is 30.3 Å². The number of aromatic nitrogens is 1. The van der Waals surface area contributed by atoms with Gasteiger partial charge in [-0.15, -0.1) is 0 Å². The van der Waals surface area contributed by atoms with E-state index in [0.29, 0.717) is 5.52 Å². The number of hydrogen-bond acceptors (Lipinski definition) is 2. The van der Waals surface area contributed by atoms with Crippen molar-refractivity contribution in [2.75, 3.05) is 0 Å². The first kappa shape index (κ1) is 9.16. The zero-order valence-corrected chi connectivity index (χ0v) is 8.94. The molecule has 2 heteroatoms. The Hall–Kier alpha value is -2.09. The van der Waals surface area contributed by atoms with Gasteiger partial charge >= 0.3 is 0 Å². The van der Waals surface area contributed by atoms with Crippen molar-refractivity contribution in [1.29, 1.82) is 0 Å². The monoisotopic (exact) mass is 209 g/mol. The van der Waals surface area contributed by atoms with Gasteiger partial charge in [0.2, 0.25) is 0 Å². The average Bonchev–Trinajstić information content (AvgIpc) is 2.29. The van der Waals surface area contributed by atoms with Crippen LogP contribution in [0.2, 0.25) is 0 Å². The Bertz CT molecular complexity index is 689. The molecule has 0 aliphatic rings. The molecule has 2 nitrogen and oxygen atoms in total. The molecular weight excluding hydrogens is 198 g/mol. The summed E-state index contributed by atoms with van der Waals surface area (Å²) in [6.45, 7) is 1.92. The molecule has 0 amide bonds. The fourth-order valence-corrected chi connectivity index (χ4v) is 2.05. The van der Waals surface area contributed by atoms with E-state index >= 15 is 0 Å². The summed E-state index contributed by atoms with van der Waals surface area (Å²) in [6.07, 6.45) is 0. The summed E-state index contributed by atoms with van der Waals surface area (Å²) in [4.78, 5) is 4.38. The Labute approximate surface area is 93.2 Å². The van der Waals surface area contributed by atoms with Gasteiger partial charge < -0.3 is 5.11 Å². The fourth-order valence-electron chi connectivity index (χ4n) is 2.05. The first-order chi connectivity index (χ1) is 7.75. The summed E-state index contributed by atoms with van der Waals surface area (Å²) in [5.41, 5.74) is 1.59. The molecule has 1 heterocycles. The molecule has 0 aliphatic carbocycles. The van der Waals surface area contributed by atoms with Crippen molar-refractivity contribution in [2.45, 2.75) is 6.92 Å². The molecule has 0 radical (unpaired) electrons. The lowest BCUT2D eigenvalue weighted by Crippen LogP contribution is -1.85. The van der Waals surface area contributed by atoms with Gasteiger partial charge in [0, 0.05) is 11.1 Å². The molecule has 3 aromatic rings. The van der Waals surface area contributed by atoms with Crippen molar-refractivity contribution in [1.82, 2.24) is 4.98 Å². The van der Waals surface area contributed by atoms with Crippen LogP contribution in [0.1, 0.15) is 5.69 Å². The molecule has 0 atom stereocenters. The van der Waals surface area contributed by atoms with E-state index in [4.69, 9.17) is 0 Å². The second kappa shape index (κ2) is 3.20. The SMILES string of the molecule is Cc1ccc2c(n1)c(O)cc1ccccc12. The highest BCUT2D eigenvalue weighted by molar-refractivity contribution is 6.08. The number of phenolic OH excluding ortho intramolecular Hbond substituents is 1. The predicted octanol–water partition coefficient (Wildman–Crippen LogP) is 3.40. The van der Waals surface area contributed by atoms with Crippen molar-refractivity contribution in [2.24, 2.45) is 0 Å². The fraction of sp³-hybridized carbons (Fsp3) is 0.0714. The molecule has 2 aromatic carbocycles. The van der Waals surface area contributed by atoms with Crippen molar-refractivity contribution >= 4 is 21.7 Å². The minimum atomic E-state index is 0.248. The maximum Gasteiger partial charge on any atom is 0.142 e. The number of pyridine rings is 1. The third-order valence-electron chi connectivity index (χ3n) is 2.82. The van der Waals surface area contributed by atoms with Crippen LogP contribution in [0.25, 0.3) is 21.7 Å². The normalized spacial score (nSPS) is 11.1. The molecule has 0 fully saturated rings. The number of aryl methyl sites for hydroxylation is 1. The summed E-state index contributed by atoms with van der Waals surface area (Å²) >= 11 is 0. The summed E-state index contributed by atoms with van der Waals surface area (Å²) in [6, 6.07) is 13.8.